The molecule has 1 aliphatic rings. The van der Waals surface area contributed by atoms with Gasteiger partial charge in [0.05, 0.1) is 17.7 Å². The van der Waals surface area contributed by atoms with Crippen LogP contribution in [0.5, 0.6) is 0 Å². The molecule has 0 unspecified atom stereocenters. The Morgan fingerprint density at radius 2 is 1.33 bits per heavy atom. The predicted octanol–water partition coefficient (Wildman–Crippen LogP) is 2.09. The second-order valence-corrected chi connectivity index (χ2v) is 4.94. The van der Waals surface area contributed by atoms with Gasteiger partial charge in [0.15, 0.2) is 5.78 Å². The zero-order valence-corrected chi connectivity index (χ0v) is 11.3. The van der Waals surface area contributed by atoms with E-state index >= 15 is 0 Å². The average molecular weight is 279 g/mol. The zero-order valence-electron chi connectivity index (χ0n) is 11.3. The molecule has 0 bridgehead atoms. The van der Waals surface area contributed by atoms with E-state index in [-0.39, 0.29) is 18.7 Å². The molecule has 0 aliphatic carbocycles. The van der Waals surface area contributed by atoms with Gasteiger partial charge in [-0.3, -0.25) is 19.3 Å². The highest BCUT2D eigenvalue weighted by Gasteiger charge is 2.35. The third kappa shape index (κ3) is 2.48. The molecule has 0 N–H and O–H groups in total. The Bertz CT molecular complexity index is 687. The van der Waals surface area contributed by atoms with Crippen LogP contribution in [0.3, 0.4) is 0 Å². The fraction of sp³-hybridized carbons (Fsp3) is 0.118. The van der Waals surface area contributed by atoms with E-state index in [9.17, 15) is 14.4 Å². The fourth-order valence-corrected chi connectivity index (χ4v) is 2.44. The highest BCUT2D eigenvalue weighted by atomic mass is 16.2. The number of amides is 2. The van der Waals surface area contributed by atoms with E-state index in [0.717, 1.165) is 10.5 Å². The normalized spacial score (nSPS) is 13.4. The minimum absolute atomic E-state index is 0.157. The van der Waals surface area contributed by atoms with Crippen molar-refractivity contribution in [2.45, 2.75) is 6.42 Å². The SMILES string of the molecule is O=C(Cc1ccccc1)CN1C(=O)c2ccccc2C1=O. The van der Waals surface area contributed by atoms with Gasteiger partial charge in [-0.2, -0.15) is 0 Å². The van der Waals surface area contributed by atoms with Crippen molar-refractivity contribution in [1.29, 1.82) is 0 Å². The summed E-state index contributed by atoms with van der Waals surface area (Å²) in [7, 11) is 0. The molecule has 0 saturated heterocycles. The van der Waals surface area contributed by atoms with E-state index in [4.69, 9.17) is 0 Å². The number of Topliss-reactive ketones (excluding diaryl/α,β-unsaturated/α-hetero) is 1. The van der Waals surface area contributed by atoms with Crippen LogP contribution in [0.4, 0.5) is 0 Å². The van der Waals surface area contributed by atoms with Crippen molar-refractivity contribution < 1.29 is 14.4 Å². The van der Waals surface area contributed by atoms with Crippen LogP contribution in [-0.2, 0) is 11.2 Å². The molecule has 21 heavy (non-hydrogen) atoms. The Morgan fingerprint density at radius 3 is 1.90 bits per heavy atom. The van der Waals surface area contributed by atoms with E-state index < -0.39 is 11.8 Å². The molecule has 0 aromatic heterocycles. The van der Waals surface area contributed by atoms with Crippen molar-refractivity contribution >= 4 is 17.6 Å². The third-order valence-electron chi connectivity index (χ3n) is 3.46. The van der Waals surface area contributed by atoms with Crippen molar-refractivity contribution in [1.82, 2.24) is 4.90 Å². The van der Waals surface area contributed by atoms with E-state index in [1.165, 1.54) is 0 Å². The maximum Gasteiger partial charge on any atom is 0.261 e. The zero-order chi connectivity index (χ0) is 14.8. The maximum atomic E-state index is 12.1. The van der Waals surface area contributed by atoms with E-state index in [0.29, 0.717) is 11.1 Å². The summed E-state index contributed by atoms with van der Waals surface area (Å²) in [6.07, 6.45) is 0.217. The smallest absolute Gasteiger partial charge is 0.261 e. The minimum Gasteiger partial charge on any atom is -0.297 e. The summed E-state index contributed by atoms with van der Waals surface area (Å²) < 4.78 is 0. The summed E-state index contributed by atoms with van der Waals surface area (Å²) in [6, 6.07) is 15.9. The third-order valence-corrected chi connectivity index (χ3v) is 3.46. The molecule has 4 nitrogen and oxygen atoms in total. The molecule has 0 radical (unpaired) electrons. The van der Waals surface area contributed by atoms with Crippen molar-refractivity contribution in [2.75, 3.05) is 6.54 Å². The lowest BCUT2D eigenvalue weighted by molar-refractivity contribution is -0.118. The highest BCUT2D eigenvalue weighted by molar-refractivity contribution is 6.22. The number of imide groups is 1. The standard InChI is InChI=1S/C17H13NO3/c19-13(10-12-6-2-1-3-7-12)11-18-16(20)14-8-4-5-9-15(14)17(18)21/h1-9H,10-11H2. The first kappa shape index (κ1) is 13.2. The van der Waals surface area contributed by atoms with Crippen LogP contribution < -0.4 is 0 Å². The van der Waals surface area contributed by atoms with E-state index in [1.54, 1.807) is 24.3 Å². The lowest BCUT2D eigenvalue weighted by Crippen LogP contribution is -2.35. The average Bonchev–Trinajstić information content (AvgIpc) is 2.74. The van der Waals surface area contributed by atoms with Gasteiger partial charge < -0.3 is 0 Å². The monoisotopic (exact) mass is 279 g/mol. The van der Waals surface area contributed by atoms with Crippen molar-refractivity contribution in [3.8, 4) is 0 Å². The van der Waals surface area contributed by atoms with Crippen LogP contribution in [0.1, 0.15) is 26.3 Å². The van der Waals surface area contributed by atoms with Gasteiger partial charge in [0.25, 0.3) is 11.8 Å². The van der Waals surface area contributed by atoms with Gasteiger partial charge >= 0.3 is 0 Å². The lowest BCUT2D eigenvalue weighted by atomic mass is 10.1. The van der Waals surface area contributed by atoms with Crippen molar-refractivity contribution in [3.63, 3.8) is 0 Å². The highest BCUT2D eigenvalue weighted by Crippen LogP contribution is 2.22. The Morgan fingerprint density at radius 1 is 0.810 bits per heavy atom. The number of hydrogen-bond donors (Lipinski definition) is 0. The number of carbonyl (C=O) groups excluding carboxylic acids is 3. The number of rotatable bonds is 4. The second-order valence-electron chi connectivity index (χ2n) is 4.94. The molecule has 3 rings (SSSR count). The number of fused-ring (bicyclic) bond motifs is 1. The van der Waals surface area contributed by atoms with E-state index in [1.807, 2.05) is 30.3 Å². The lowest BCUT2D eigenvalue weighted by Gasteiger charge is -2.12. The Balaban J connectivity index is 1.73. The van der Waals surface area contributed by atoms with Gasteiger partial charge in [-0.25, -0.2) is 0 Å². The minimum atomic E-state index is -0.392. The number of benzene rings is 2. The molecule has 104 valence electrons. The molecular weight excluding hydrogens is 266 g/mol. The molecule has 2 amide bonds. The van der Waals surface area contributed by atoms with Crippen molar-refractivity contribution in [2.24, 2.45) is 0 Å². The number of hydrogen-bond acceptors (Lipinski definition) is 3. The Kier molecular flexibility index (Phi) is 3.36. The van der Waals surface area contributed by atoms with Crippen LogP contribution in [-0.4, -0.2) is 29.0 Å². The largest absolute Gasteiger partial charge is 0.297 e. The molecular formula is C17H13NO3. The molecule has 0 saturated carbocycles. The van der Waals surface area contributed by atoms with E-state index in [2.05, 4.69) is 0 Å². The van der Waals surface area contributed by atoms with Gasteiger partial charge in [0.1, 0.15) is 0 Å². The topological polar surface area (TPSA) is 54.5 Å². The van der Waals surface area contributed by atoms with Gasteiger partial charge in [0.2, 0.25) is 0 Å². The van der Waals surface area contributed by atoms with Gasteiger partial charge in [-0.1, -0.05) is 42.5 Å². The fourth-order valence-electron chi connectivity index (χ4n) is 2.44. The number of nitrogens with zero attached hydrogens (tertiary/aromatic N) is 1. The first-order chi connectivity index (χ1) is 10.2. The molecule has 0 spiro atoms. The molecule has 1 heterocycles. The van der Waals surface area contributed by atoms with Gasteiger partial charge in [0, 0.05) is 6.42 Å². The van der Waals surface area contributed by atoms with Crippen LogP contribution in [0.15, 0.2) is 54.6 Å². The quantitative estimate of drug-likeness (QED) is 0.805. The summed E-state index contributed by atoms with van der Waals surface area (Å²) >= 11 is 0. The summed E-state index contributed by atoms with van der Waals surface area (Å²) in [4.78, 5) is 37.4. The van der Waals surface area contributed by atoms with Crippen LogP contribution in [0, 0.1) is 0 Å². The van der Waals surface area contributed by atoms with Crippen LogP contribution in [0.25, 0.3) is 0 Å². The summed E-state index contributed by atoms with van der Waals surface area (Å²) in [6.45, 7) is -0.179. The molecule has 0 atom stereocenters. The molecule has 1 aliphatic heterocycles. The first-order valence-corrected chi connectivity index (χ1v) is 6.67. The van der Waals surface area contributed by atoms with Crippen molar-refractivity contribution in [3.05, 3.63) is 71.3 Å². The van der Waals surface area contributed by atoms with Crippen LogP contribution in [0.2, 0.25) is 0 Å². The molecule has 4 heteroatoms. The molecule has 0 fully saturated rings. The summed E-state index contributed by atoms with van der Waals surface area (Å²) in [5, 5.41) is 0. The Hall–Kier alpha value is -2.75. The summed E-state index contributed by atoms with van der Waals surface area (Å²) in [5.41, 5.74) is 1.61. The van der Waals surface area contributed by atoms with Crippen LogP contribution >= 0.6 is 0 Å². The Labute approximate surface area is 122 Å². The number of ketones is 1. The predicted molar refractivity (Wildman–Crippen MR) is 77.0 cm³/mol. The molecule has 2 aromatic carbocycles. The summed E-state index contributed by atoms with van der Waals surface area (Å²) in [5.74, 6) is -0.940. The number of carbonyl (C=O) groups is 3. The maximum absolute atomic E-state index is 12.1. The first-order valence-electron chi connectivity index (χ1n) is 6.67. The second kappa shape index (κ2) is 5.32. The van der Waals surface area contributed by atoms with Gasteiger partial charge in [-0.05, 0) is 17.7 Å². The van der Waals surface area contributed by atoms with Gasteiger partial charge in [-0.15, -0.1) is 0 Å². The molecule has 2 aromatic rings.